The standard InChI is InChI=1S/C7H3BrF3NO/c8-6-4(2-13)12-1-3(9)5(6)7(10)11/h1-2,7H. The Morgan fingerprint density at radius 2 is 2.15 bits per heavy atom. The maximum absolute atomic E-state index is 12.7. The van der Waals surface area contributed by atoms with Gasteiger partial charge in [0.1, 0.15) is 5.69 Å². The average Bonchev–Trinajstić information content (AvgIpc) is 2.04. The lowest BCUT2D eigenvalue weighted by Crippen LogP contribution is -1.99. The molecule has 0 aliphatic heterocycles. The van der Waals surface area contributed by atoms with Crippen molar-refractivity contribution in [2.75, 3.05) is 0 Å². The second-order valence-corrected chi connectivity index (χ2v) is 2.93. The number of aromatic nitrogens is 1. The number of carbonyl (C=O) groups is 1. The van der Waals surface area contributed by atoms with Crippen molar-refractivity contribution >= 4 is 22.2 Å². The van der Waals surface area contributed by atoms with Crippen LogP contribution in [0, 0.1) is 5.82 Å². The fraction of sp³-hybridized carbons (Fsp3) is 0.143. The van der Waals surface area contributed by atoms with Gasteiger partial charge >= 0.3 is 0 Å². The predicted octanol–water partition coefficient (Wildman–Crippen LogP) is 2.73. The Morgan fingerprint density at radius 3 is 2.62 bits per heavy atom. The van der Waals surface area contributed by atoms with E-state index in [1.807, 2.05) is 0 Å². The number of nitrogens with zero attached hydrogens (tertiary/aromatic N) is 1. The second kappa shape index (κ2) is 3.87. The summed E-state index contributed by atoms with van der Waals surface area (Å²) >= 11 is 2.68. The third-order valence-corrected chi connectivity index (χ3v) is 2.20. The molecule has 6 heteroatoms. The molecule has 0 amide bonds. The van der Waals surface area contributed by atoms with Crippen molar-refractivity contribution in [3.63, 3.8) is 0 Å². The summed E-state index contributed by atoms with van der Waals surface area (Å²) in [5, 5.41) is 0. The molecule has 0 radical (unpaired) electrons. The second-order valence-electron chi connectivity index (χ2n) is 2.14. The quantitative estimate of drug-likeness (QED) is 0.759. The lowest BCUT2D eigenvalue weighted by atomic mass is 10.2. The molecule has 0 aromatic carbocycles. The molecule has 1 heterocycles. The molecule has 0 aliphatic carbocycles. The molecular weight excluding hydrogens is 251 g/mol. The molecule has 0 unspecified atom stereocenters. The first kappa shape index (κ1) is 10.2. The Kier molecular flexibility index (Phi) is 3.02. The number of hydrogen-bond donors (Lipinski definition) is 0. The van der Waals surface area contributed by atoms with E-state index in [1.54, 1.807) is 0 Å². The van der Waals surface area contributed by atoms with Gasteiger partial charge in [-0.25, -0.2) is 18.2 Å². The Hall–Kier alpha value is -0.910. The Labute approximate surface area is 79.9 Å². The Balaban J connectivity index is 3.38. The highest BCUT2D eigenvalue weighted by Crippen LogP contribution is 2.30. The van der Waals surface area contributed by atoms with Gasteiger partial charge in [-0.3, -0.25) is 4.79 Å². The molecule has 0 N–H and O–H groups in total. The molecule has 0 saturated heterocycles. The van der Waals surface area contributed by atoms with Crippen molar-refractivity contribution in [2.24, 2.45) is 0 Å². The predicted molar refractivity (Wildman–Crippen MR) is 42.2 cm³/mol. The van der Waals surface area contributed by atoms with E-state index in [0.29, 0.717) is 6.20 Å². The monoisotopic (exact) mass is 253 g/mol. The normalized spacial score (nSPS) is 10.5. The topological polar surface area (TPSA) is 30.0 Å². The van der Waals surface area contributed by atoms with Gasteiger partial charge < -0.3 is 0 Å². The zero-order chi connectivity index (χ0) is 10.0. The number of pyridine rings is 1. The van der Waals surface area contributed by atoms with Crippen LogP contribution in [-0.4, -0.2) is 11.3 Å². The molecular formula is C7H3BrF3NO. The molecule has 13 heavy (non-hydrogen) atoms. The van der Waals surface area contributed by atoms with Gasteiger partial charge in [0.2, 0.25) is 0 Å². The van der Waals surface area contributed by atoms with Gasteiger partial charge in [0, 0.05) is 0 Å². The summed E-state index contributed by atoms with van der Waals surface area (Å²) in [6.07, 6.45) is -2.11. The van der Waals surface area contributed by atoms with Crippen LogP contribution in [0.5, 0.6) is 0 Å². The van der Waals surface area contributed by atoms with Gasteiger partial charge in [0.15, 0.2) is 12.1 Å². The van der Waals surface area contributed by atoms with Crippen LogP contribution in [-0.2, 0) is 0 Å². The number of aldehydes is 1. The number of carbonyl (C=O) groups excluding carboxylic acids is 1. The SMILES string of the molecule is O=Cc1ncc(F)c(C(F)F)c1Br. The van der Waals surface area contributed by atoms with Crippen LogP contribution in [0.15, 0.2) is 10.7 Å². The van der Waals surface area contributed by atoms with Gasteiger partial charge in [-0.05, 0) is 15.9 Å². The first-order valence-corrected chi connectivity index (χ1v) is 3.94. The van der Waals surface area contributed by atoms with E-state index in [0.717, 1.165) is 0 Å². The number of hydrogen-bond acceptors (Lipinski definition) is 2. The van der Waals surface area contributed by atoms with Crippen molar-refractivity contribution in [3.05, 3.63) is 27.7 Å². The van der Waals surface area contributed by atoms with E-state index in [9.17, 15) is 18.0 Å². The van der Waals surface area contributed by atoms with Gasteiger partial charge in [0.05, 0.1) is 16.2 Å². The first-order valence-electron chi connectivity index (χ1n) is 3.15. The molecule has 0 bridgehead atoms. The van der Waals surface area contributed by atoms with Gasteiger partial charge in [-0.15, -0.1) is 0 Å². The highest BCUT2D eigenvalue weighted by atomic mass is 79.9. The van der Waals surface area contributed by atoms with E-state index in [2.05, 4.69) is 20.9 Å². The third-order valence-electron chi connectivity index (χ3n) is 1.37. The van der Waals surface area contributed by atoms with E-state index in [4.69, 9.17) is 0 Å². The molecule has 0 spiro atoms. The maximum Gasteiger partial charge on any atom is 0.267 e. The minimum atomic E-state index is -2.98. The summed E-state index contributed by atoms with van der Waals surface area (Å²) in [7, 11) is 0. The largest absolute Gasteiger partial charge is 0.296 e. The van der Waals surface area contributed by atoms with Crippen molar-refractivity contribution in [3.8, 4) is 0 Å². The van der Waals surface area contributed by atoms with Gasteiger partial charge in [-0.2, -0.15) is 0 Å². The molecule has 1 aromatic heterocycles. The Morgan fingerprint density at radius 1 is 1.54 bits per heavy atom. The summed E-state index contributed by atoms with van der Waals surface area (Å²) in [5.41, 5.74) is -1.08. The molecule has 1 aromatic rings. The minimum Gasteiger partial charge on any atom is -0.296 e. The molecule has 70 valence electrons. The fourth-order valence-corrected chi connectivity index (χ4v) is 1.34. The maximum atomic E-state index is 12.7. The van der Waals surface area contributed by atoms with Crippen LogP contribution in [0.1, 0.15) is 22.5 Å². The Bertz CT molecular complexity index is 343. The first-order chi connectivity index (χ1) is 6.07. The highest BCUT2D eigenvalue weighted by molar-refractivity contribution is 9.10. The molecule has 1 rings (SSSR count). The lowest BCUT2D eigenvalue weighted by molar-refractivity contribution is 0.111. The number of halogens is 4. The highest BCUT2D eigenvalue weighted by Gasteiger charge is 2.20. The van der Waals surface area contributed by atoms with Crippen LogP contribution < -0.4 is 0 Å². The van der Waals surface area contributed by atoms with Crippen molar-refractivity contribution < 1.29 is 18.0 Å². The van der Waals surface area contributed by atoms with Gasteiger partial charge in [-0.1, -0.05) is 0 Å². The zero-order valence-corrected chi connectivity index (χ0v) is 7.69. The molecule has 2 nitrogen and oxygen atoms in total. The summed E-state index contributed by atoms with van der Waals surface area (Å²) < 4.78 is 36.8. The minimum absolute atomic E-state index is 0.239. The van der Waals surface area contributed by atoms with Gasteiger partial charge in [0.25, 0.3) is 6.43 Å². The number of rotatable bonds is 2. The summed E-state index contributed by atoms with van der Waals surface area (Å²) in [6.45, 7) is 0. The molecule has 0 atom stereocenters. The third kappa shape index (κ3) is 1.88. The molecule has 0 aliphatic rings. The lowest BCUT2D eigenvalue weighted by Gasteiger charge is -2.05. The zero-order valence-electron chi connectivity index (χ0n) is 6.10. The fourth-order valence-electron chi connectivity index (χ4n) is 0.777. The summed E-state index contributed by atoms with van der Waals surface area (Å²) in [5.74, 6) is -1.13. The molecule has 0 fully saturated rings. The van der Waals surface area contributed by atoms with E-state index in [1.165, 1.54) is 0 Å². The van der Waals surface area contributed by atoms with Crippen molar-refractivity contribution in [1.29, 1.82) is 0 Å². The van der Waals surface area contributed by atoms with Crippen LogP contribution in [0.25, 0.3) is 0 Å². The van der Waals surface area contributed by atoms with Crippen LogP contribution in [0.3, 0.4) is 0 Å². The smallest absolute Gasteiger partial charge is 0.267 e. The average molecular weight is 254 g/mol. The molecule has 0 saturated carbocycles. The van der Waals surface area contributed by atoms with Crippen LogP contribution in [0.2, 0.25) is 0 Å². The summed E-state index contributed by atoms with van der Waals surface area (Å²) in [6, 6.07) is 0. The van der Waals surface area contributed by atoms with Crippen molar-refractivity contribution in [2.45, 2.75) is 6.43 Å². The van der Waals surface area contributed by atoms with Crippen LogP contribution in [0.4, 0.5) is 13.2 Å². The van der Waals surface area contributed by atoms with E-state index < -0.39 is 17.8 Å². The van der Waals surface area contributed by atoms with Crippen LogP contribution >= 0.6 is 15.9 Å². The summed E-state index contributed by atoms with van der Waals surface area (Å²) in [4.78, 5) is 13.6. The van der Waals surface area contributed by atoms with Crippen molar-refractivity contribution in [1.82, 2.24) is 4.98 Å². The van der Waals surface area contributed by atoms with E-state index >= 15 is 0 Å². The number of alkyl halides is 2. The van der Waals surface area contributed by atoms with E-state index in [-0.39, 0.29) is 16.5 Å².